The van der Waals surface area contributed by atoms with Crippen molar-refractivity contribution in [1.82, 2.24) is 9.55 Å². The molecule has 0 aliphatic carbocycles. The Hall–Kier alpha value is -1.84. The number of ether oxygens (including phenoxy) is 1. The van der Waals surface area contributed by atoms with Gasteiger partial charge in [-0.15, -0.1) is 0 Å². The van der Waals surface area contributed by atoms with E-state index in [1.807, 2.05) is 19.1 Å². The zero-order chi connectivity index (χ0) is 12.6. The largest absolute Gasteiger partial charge is 0.424 e. The molecule has 4 nitrogen and oxygen atoms in total. The first-order valence-corrected chi connectivity index (χ1v) is 5.66. The Morgan fingerprint density at radius 1 is 1.47 bits per heavy atom. The van der Waals surface area contributed by atoms with E-state index in [9.17, 15) is 4.79 Å². The second-order valence-corrected chi connectivity index (χ2v) is 4.35. The van der Waals surface area contributed by atoms with Crippen LogP contribution in [-0.4, -0.2) is 15.5 Å². The minimum atomic E-state index is -0.306. The monoisotopic (exact) mass is 232 g/mol. The van der Waals surface area contributed by atoms with Gasteiger partial charge >= 0.3 is 5.97 Å². The highest BCUT2D eigenvalue weighted by Gasteiger charge is 2.18. The molecule has 0 aromatic carbocycles. The molecule has 0 atom stereocenters. The topological polar surface area (TPSA) is 44.1 Å². The molecule has 0 aliphatic heterocycles. The van der Waals surface area contributed by atoms with Gasteiger partial charge in [0.05, 0.1) is 11.1 Å². The molecule has 0 saturated heterocycles. The normalized spacial score (nSPS) is 11.1. The van der Waals surface area contributed by atoms with Gasteiger partial charge in [-0.3, -0.25) is 4.79 Å². The molecule has 0 N–H and O–H groups in total. The summed E-state index contributed by atoms with van der Waals surface area (Å²) in [6.07, 6.45) is 1.75. The van der Waals surface area contributed by atoms with Crippen molar-refractivity contribution in [2.24, 2.45) is 0 Å². The van der Waals surface area contributed by atoms with Gasteiger partial charge in [-0.1, -0.05) is 0 Å². The van der Waals surface area contributed by atoms with E-state index in [0.29, 0.717) is 5.75 Å². The van der Waals surface area contributed by atoms with Gasteiger partial charge in [0.25, 0.3) is 0 Å². The highest BCUT2D eigenvalue weighted by atomic mass is 16.5. The third-order valence-electron chi connectivity index (χ3n) is 2.71. The Kier molecular flexibility index (Phi) is 2.88. The molecule has 0 fully saturated rings. The number of carbonyl (C=O) groups excluding carboxylic acids is 1. The maximum Gasteiger partial charge on any atom is 0.308 e. The lowest BCUT2D eigenvalue weighted by molar-refractivity contribution is -0.131. The summed E-state index contributed by atoms with van der Waals surface area (Å²) in [5, 5.41) is 0.883. The predicted octanol–water partition coefficient (Wildman–Crippen LogP) is 2.85. The summed E-state index contributed by atoms with van der Waals surface area (Å²) in [4.78, 5) is 15.5. The number of carbonyl (C=O) groups is 1. The lowest BCUT2D eigenvalue weighted by atomic mass is 10.3. The van der Waals surface area contributed by atoms with Crippen LogP contribution in [0.25, 0.3) is 11.0 Å². The van der Waals surface area contributed by atoms with Crippen LogP contribution in [0.2, 0.25) is 0 Å². The molecule has 2 rings (SSSR count). The fraction of sp³-hybridized carbons (Fsp3) is 0.385. The van der Waals surface area contributed by atoms with E-state index in [0.717, 1.165) is 16.7 Å². The molecule has 0 amide bonds. The third kappa shape index (κ3) is 1.90. The SMILES string of the molecule is CC(=O)Oc1c(C)n(C(C)C)c2ncccc12. The lowest BCUT2D eigenvalue weighted by Gasteiger charge is -2.11. The summed E-state index contributed by atoms with van der Waals surface area (Å²) in [6, 6.07) is 4.04. The van der Waals surface area contributed by atoms with Crippen molar-refractivity contribution in [3.63, 3.8) is 0 Å². The third-order valence-corrected chi connectivity index (χ3v) is 2.71. The molecule has 0 unspecified atom stereocenters. The molecule has 4 heteroatoms. The van der Waals surface area contributed by atoms with Crippen LogP contribution in [0.3, 0.4) is 0 Å². The molecule has 2 aromatic heterocycles. The molecule has 0 spiro atoms. The first kappa shape index (κ1) is 11.6. The standard InChI is InChI=1S/C13H16N2O2/c1-8(2)15-9(3)12(17-10(4)16)11-6-5-7-14-13(11)15/h5-8H,1-4H3. The van der Waals surface area contributed by atoms with Crippen molar-refractivity contribution in [3.8, 4) is 5.75 Å². The van der Waals surface area contributed by atoms with Gasteiger partial charge < -0.3 is 9.30 Å². The molecule has 17 heavy (non-hydrogen) atoms. The first-order valence-electron chi connectivity index (χ1n) is 5.66. The Balaban J connectivity index is 2.74. The van der Waals surface area contributed by atoms with E-state index in [2.05, 4.69) is 23.4 Å². The quantitative estimate of drug-likeness (QED) is 0.748. The van der Waals surface area contributed by atoms with Gasteiger partial charge in [0.15, 0.2) is 5.75 Å². The van der Waals surface area contributed by atoms with Gasteiger partial charge in [0.2, 0.25) is 0 Å². The molecule has 0 radical (unpaired) electrons. The van der Waals surface area contributed by atoms with E-state index >= 15 is 0 Å². The van der Waals surface area contributed by atoms with E-state index in [1.54, 1.807) is 6.20 Å². The molecular weight excluding hydrogens is 216 g/mol. The fourth-order valence-electron chi connectivity index (χ4n) is 2.13. The van der Waals surface area contributed by atoms with Crippen molar-refractivity contribution in [2.45, 2.75) is 33.7 Å². The van der Waals surface area contributed by atoms with Crippen molar-refractivity contribution >= 4 is 17.0 Å². The van der Waals surface area contributed by atoms with Crippen LogP contribution in [0, 0.1) is 6.92 Å². The molecule has 90 valence electrons. The average Bonchev–Trinajstić information content (AvgIpc) is 2.52. The molecule has 2 aromatic rings. The van der Waals surface area contributed by atoms with E-state index in [1.165, 1.54) is 6.92 Å². The van der Waals surface area contributed by atoms with Crippen LogP contribution in [0.4, 0.5) is 0 Å². The van der Waals surface area contributed by atoms with Crippen LogP contribution in [-0.2, 0) is 4.79 Å². The summed E-state index contributed by atoms with van der Waals surface area (Å²) in [5.74, 6) is 0.314. The zero-order valence-electron chi connectivity index (χ0n) is 10.5. The highest BCUT2D eigenvalue weighted by Crippen LogP contribution is 2.33. The smallest absolute Gasteiger partial charge is 0.308 e. The minimum Gasteiger partial charge on any atom is -0.424 e. The number of aromatic nitrogens is 2. The van der Waals surface area contributed by atoms with Gasteiger partial charge in [0.1, 0.15) is 5.65 Å². The highest BCUT2D eigenvalue weighted by molar-refractivity contribution is 5.88. The van der Waals surface area contributed by atoms with Crippen LogP contribution < -0.4 is 4.74 Å². The Morgan fingerprint density at radius 2 is 2.18 bits per heavy atom. The number of rotatable bonds is 2. The second-order valence-electron chi connectivity index (χ2n) is 4.35. The number of fused-ring (bicyclic) bond motifs is 1. The molecule has 2 heterocycles. The molecule has 0 bridgehead atoms. The zero-order valence-corrected chi connectivity index (χ0v) is 10.5. The predicted molar refractivity (Wildman–Crippen MR) is 66.2 cm³/mol. The summed E-state index contributed by atoms with van der Waals surface area (Å²) in [7, 11) is 0. The second kappa shape index (κ2) is 4.20. The number of esters is 1. The van der Waals surface area contributed by atoms with E-state index < -0.39 is 0 Å². The van der Waals surface area contributed by atoms with Gasteiger partial charge in [0, 0.05) is 19.2 Å². The maximum atomic E-state index is 11.1. The van der Waals surface area contributed by atoms with Crippen LogP contribution in [0.15, 0.2) is 18.3 Å². The fourth-order valence-corrected chi connectivity index (χ4v) is 2.13. The van der Waals surface area contributed by atoms with Crippen molar-refractivity contribution in [3.05, 3.63) is 24.0 Å². The molecular formula is C13H16N2O2. The summed E-state index contributed by atoms with van der Waals surface area (Å²) < 4.78 is 7.37. The van der Waals surface area contributed by atoms with E-state index in [4.69, 9.17) is 4.74 Å². The Bertz CT molecular complexity index is 570. The maximum absolute atomic E-state index is 11.1. The number of pyridine rings is 1. The average molecular weight is 232 g/mol. The number of nitrogens with zero attached hydrogens (tertiary/aromatic N) is 2. The lowest BCUT2D eigenvalue weighted by Crippen LogP contribution is -2.05. The van der Waals surface area contributed by atoms with Gasteiger partial charge in [-0.2, -0.15) is 0 Å². The van der Waals surface area contributed by atoms with Gasteiger partial charge in [-0.25, -0.2) is 4.98 Å². The number of hydrogen-bond donors (Lipinski definition) is 0. The molecule has 0 aliphatic rings. The number of hydrogen-bond acceptors (Lipinski definition) is 3. The summed E-state index contributed by atoms with van der Waals surface area (Å²) in [5.41, 5.74) is 1.79. The van der Waals surface area contributed by atoms with Crippen molar-refractivity contribution in [2.75, 3.05) is 0 Å². The van der Waals surface area contributed by atoms with Crippen LogP contribution >= 0.6 is 0 Å². The summed E-state index contributed by atoms with van der Waals surface area (Å²) in [6.45, 7) is 7.52. The first-order chi connectivity index (χ1) is 8.02. The molecule has 0 saturated carbocycles. The minimum absolute atomic E-state index is 0.275. The van der Waals surface area contributed by atoms with Crippen molar-refractivity contribution in [1.29, 1.82) is 0 Å². The van der Waals surface area contributed by atoms with Crippen LogP contribution in [0.5, 0.6) is 5.75 Å². The van der Waals surface area contributed by atoms with Crippen molar-refractivity contribution < 1.29 is 9.53 Å². The summed E-state index contributed by atoms with van der Waals surface area (Å²) >= 11 is 0. The van der Waals surface area contributed by atoms with Crippen LogP contribution in [0.1, 0.15) is 32.5 Å². The van der Waals surface area contributed by atoms with Gasteiger partial charge in [-0.05, 0) is 32.9 Å². The Labute approximate surface area is 100 Å². The Morgan fingerprint density at radius 3 is 2.76 bits per heavy atom. The van der Waals surface area contributed by atoms with E-state index in [-0.39, 0.29) is 12.0 Å².